The van der Waals surface area contributed by atoms with E-state index in [-0.39, 0.29) is 0 Å². The van der Waals surface area contributed by atoms with Crippen molar-refractivity contribution in [1.82, 2.24) is 9.78 Å². The Kier molecular flexibility index (Phi) is 3.29. The number of hydrogen-bond donors (Lipinski definition) is 1. The first kappa shape index (κ1) is 11.6. The lowest BCUT2D eigenvalue weighted by atomic mass is 10.4. The molecule has 0 spiro atoms. The van der Waals surface area contributed by atoms with Crippen molar-refractivity contribution in [2.45, 2.75) is 10.7 Å². The molecule has 1 heterocycles. The highest BCUT2D eigenvalue weighted by Gasteiger charge is 2.31. The number of carbonyl (C=O) groups excluding carboxylic acids is 1. The van der Waals surface area contributed by atoms with Crippen LogP contribution in [0.3, 0.4) is 0 Å². The highest BCUT2D eigenvalue weighted by molar-refractivity contribution is 6.76. The number of aryl methyl sites for hydroxylation is 2. The Hall–Kier alpha value is -0.450. The first-order valence-electron chi connectivity index (χ1n) is 3.69. The van der Waals surface area contributed by atoms with Gasteiger partial charge < -0.3 is 5.32 Å². The van der Waals surface area contributed by atoms with Gasteiger partial charge in [-0.2, -0.15) is 5.10 Å². The molecule has 0 aromatic carbocycles. The van der Waals surface area contributed by atoms with Crippen LogP contribution in [0.4, 0.5) is 5.82 Å². The summed E-state index contributed by atoms with van der Waals surface area (Å²) in [4.78, 5) is 11.2. The van der Waals surface area contributed by atoms with E-state index in [9.17, 15) is 4.79 Å². The second-order valence-corrected chi connectivity index (χ2v) is 5.03. The Bertz CT molecular complexity index is 356. The smallest absolute Gasteiger partial charge is 0.277 e. The zero-order chi connectivity index (χ0) is 10.9. The number of hydrogen-bond acceptors (Lipinski definition) is 2. The summed E-state index contributed by atoms with van der Waals surface area (Å²) in [5, 5.41) is 6.46. The van der Waals surface area contributed by atoms with Crippen molar-refractivity contribution >= 4 is 46.5 Å². The lowest BCUT2D eigenvalue weighted by Gasteiger charge is -2.10. The molecule has 0 aliphatic heterocycles. The molecule has 0 saturated carbocycles. The molecule has 0 radical (unpaired) electrons. The molecule has 4 nitrogen and oxygen atoms in total. The number of anilines is 1. The maximum atomic E-state index is 11.2. The van der Waals surface area contributed by atoms with Gasteiger partial charge in [0.25, 0.3) is 9.70 Å². The maximum absolute atomic E-state index is 11.2. The highest BCUT2D eigenvalue weighted by Crippen LogP contribution is 2.27. The van der Waals surface area contributed by atoms with Gasteiger partial charge in [-0.15, -0.1) is 0 Å². The molecule has 78 valence electrons. The van der Waals surface area contributed by atoms with E-state index in [1.807, 2.05) is 0 Å². The van der Waals surface area contributed by atoms with Gasteiger partial charge in [0, 0.05) is 13.1 Å². The number of amides is 1. The molecule has 0 unspecified atom stereocenters. The third kappa shape index (κ3) is 2.77. The summed E-state index contributed by atoms with van der Waals surface area (Å²) in [5.41, 5.74) is 0.770. The molecule has 1 aromatic rings. The fraction of sp³-hybridized carbons (Fsp3) is 0.429. The molecule has 0 fully saturated rings. The van der Waals surface area contributed by atoms with Crippen LogP contribution in [-0.2, 0) is 11.8 Å². The Balaban J connectivity index is 2.80. The van der Waals surface area contributed by atoms with Gasteiger partial charge >= 0.3 is 0 Å². The number of carbonyl (C=O) groups is 1. The first-order chi connectivity index (χ1) is 6.30. The van der Waals surface area contributed by atoms with Gasteiger partial charge in [0.05, 0.1) is 5.69 Å². The molecule has 1 N–H and O–H groups in total. The number of nitrogens with one attached hydrogen (secondary N) is 1. The van der Waals surface area contributed by atoms with Crippen LogP contribution < -0.4 is 5.32 Å². The van der Waals surface area contributed by atoms with Crippen LogP contribution in [0.2, 0.25) is 0 Å². The summed E-state index contributed by atoms with van der Waals surface area (Å²) in [6, 6.07) is 1.67. The Morgan fingerprint density at radius 3 is 2.50 bits per heavy atom. The maximum Gasteiger partial charge on any atom is 0.277 e. The quantitative estimate of drug-likeness (QED) is 0.782. The second kappa shape index (κ2) is 3.96. The highest BCUT2D eigenvalue weighted by atomic mass is 35.6. The number of nitrogens with zero attached hydrogens (tertiary/aromatic N) is 2. The standard InChI is InChI=1S/C7H8Cl3N3O/c1-4-3-5(13(2)12-4)11-6(14)7(8,9)10/h3H,1-2H3,(H,11,14). The zero-order valence-corrected chi connectivity index (χ0v) is 9.78. The van der Waals surface area contributed by atoms with Gasteiger partial charge in [-0.25, -0.2) is 0 Å². The molecule has 0 aliphatic carbocycles. The average molecular weight is 257 g/mol. The zero-order valence-electron chi connectivity index (χ0n) is 7.51. The molecule has 1 amide bonds. The van der Waals surface area contributed by atoms with Crippen molar-refractivity contribution in [3.05, 3.63) is 11.8 Å². The molecule has 14 heavy (non-hydrogen) atoms. The minimum Gasteiger partial charge on any atom is -0.307 e. The summed E-state index contributed by atoms with van der Waals surface area (Å²) < 4.78 is -0.470. The third-order valence-electron chi connectivity index (χ3n) is 1.50. The van der Waals surface area contributed by atoms with Gasteiger partial charge in [0.1, 0.15) is 5.82 Å². The van der Waals surface area contributed by atoms with Crippen LogP contribution in [0.15, 0.2) is 6.07 Å². The minimum atomic E-state index is -1.96. The fourth-order valence-electron chi connectivity index (χ4n) is 0.915. The summed E-state index contributed by atoms with van der Waals surface area (Å²) in [5.74, 6) is -0.218. The van der Waals surface area contributed by atoms with E-state index in [0.717, 1.165) is 5.69 Å². The molecule has 1 rings (SSSR count). The van der Waals surface area contributed by atoms with Gasteiger partial charge in [-0.05, 0) is 6.92 Å². The van der Waals surface area contributed by atoms with Crippen LogP contribution in [0.25, 0.3) is 0 Å². The van der Waals surface area contributed by atoms with Crippen molar-refractivity contribution in [3.8, 4) is 0 Å². The molecule has 7 heteroatoms. The Morgan fingerprint density at radius 1 is 1.57 bits per heavy atom. The van der Waals surface area contributed by atoms with Crippen LogP contribution in [-0.4, -0.2) is 19.5 Å². The number of alkyl halides is 3. The topological polar surface area (TPSA) is 46.9 Å². The predicted molar refractivity (Wildman–Crippen MR) is 56.9 cm³/mol. The second-order valence-electron chi connectivity index (χ2n) is 2.75. The van der Waals surface area contributed by atoms with Crippen LogP contribution in [0.1, 0.15) is 5.69 Å². The minimum absolute atomic E-state index is 0.485. The van der Waals surface area contributed by atoms with Gasteiger partial charge in [-0.1, -0.05) is 34.8 Å². The van der Waals surface area contributed by atoms with Crippen molar-refractivity contribution in [2.24, 2.45) is 7.05 Å². The summed E-state index contributed by atoms with van der Waals surface area (Å²) in [6.45, 7) is 1.80. The van der Waals surface area contributed by atoms with Crippen molar-refractivity contribution in [3.63, 3.8) is 0 Å². The SMILES string of the molecule is Cc1cc(NC(=O)C(Cl)(Cl)Cl)n(C)n1. The van der Waals surface area contributed by atoms with E-state index in [1.165, 1.54) is 4.68 Å². The van der Waals surface area contributed by atoms with E-state index < -0.39 is 9.70 Å². The third-order valence-corrected chi connectivity index (χ3v) is 2.02. The molecule has 0 bridgehead atoms. The van der Waals surface area contributed by atoms with Crippen molar-refractivity contribution in [1.29, 1.82) is 0 Å². The molecular formula is C7H8Cl3N3O. The summed E-state index contributed by atoms with van der Waals surface area (Å²) in [6.07, 6.45) is 0. The van der Waals surface area contributed by atoms with Crippen LogP contribution in [0.5, 0.6) is 0 Å². The number of aromatic nitrogens is 2. The Labute approximate surface area is 96.1 Å². The molecule has 0 saturated heterocycles. The van der Waals surface area contributed by atoms with Crippen molar-refractivity contribution < 1.29 is 4.79 Å². The monoisotopic (exact) mass is 255 g/mol. The van der Waals surface area contributed by atoms with E-state index in [2.05, 4.69) is 10.4 Å². The Morgan fingerprint density at radius 2 is 2.14 bits per heavy atom. The van der Waals surface area contributed by atoms with Crippen LogP contribution >= 0.6 is 34.8 Å². The average Bonchev–Trinajstić information content (AvgIpc) is 2.28. The van der Waals surface area contributed by atoms with Gasteiger partial charge in [0.15, 0.2) is 0 Å². The summed E-state index contributed by atoms with van der Waals surface area (Å²) in [7, 11) is 1.68. The molecule has 0 aliphatic rings. The lowest BCUT2D eigenvalue weighted by molar-refractivity contribution is -0.115. The van der Waals surface area contributed by atoms with Crippen LogP contribution in [0, 0.1) is 6.92 Å². The molecule has 1 aromatic heterocycles. The number of rotatable bonds is 1. The molecule has 0 atom stereocenters. The van der Waals surface area contributed by atoms with E-state index in [1.54, 1.807) is 20.0 Å². The normalized spacial score (nSPS) is 11.5. The fourth-order valence-corrected chi connectivity index (χ4v) is 1.06. The largest absolute Gasteiger partial charge is 0.307 e. The molecular weight excluding hydrogens is 248 g/mol. The number of halogens is 3. The summed E-state index contributed by atoms with van der Waals surface area (Å²) >= 11 is 16.1. The van der Waals surface area contributed by atoms with E-state index in [4.69, 9.17) is 34.8 Å². The van der Waals surface area contributed by atoms with Gasteiger partial charge in [0.2, 0.25) is 0 Å². The van der Waals surface area contributed by atoms with Gasteiger partial charge in [-0.3, -0.25) is 9.48 Å². The van der Waals surface area contributed by atoms with Crippen molar-refractivity contribution in [2.75, 3.05) is 5.32 Å². The van der Waals surface area contributed by atoms with E-state index in [0.29, 0.717) is 5.82 Å². The lowest BCUT2D eigenvalue weighted by Crippen LogP contribution is -2.27. The first-order valence-corrected chi connectivity index (χ1v) is 4.83. The predicted octanol–water partition coefficient (Wildman–Crippen LogP) is 2.04. The van der Waals surface area contributed by atoms with E-state index >= 15 is 0 Å².